The second-order valence-electron chi connectivity index (χ2n) is 2.95. The first-order valence-electron chi connectivity index (χ1n) is 4.48. The van der Waals surface area contributed by atoms with Crippen LogP contribution in [0.2, 0.25) is 0 Å². The van der Waals surface area contributed by atoms with Gasteiger partial charge in [0.05, 0.1) is 0 Å². The van der Waals surface area contributed by atoms with Gasteiger partial charge < -0.3 is 10.4 Å². The molecule has 2 N–H and O–H groups in total. The van der Waals surface area contributed by atoms with E-state index < -0.39 is 5.97 Å². The normalized spacial score (nSPS) is 9.75. The van der Waals surface area contributed by atoms with Crippen molar-refractivity contribution in [2.75, 3.05) is 5.32 Å². The summed E-state index contributed by atoms with van der Waals surface area (Å²) in [6.45, 7) is 0. The topological polar surface area (TPSA) is 88.0 Å². The second-order valence-corrected chi connectivity index (χ2v) is 2.95. The quantitative estimate of drug-likeness (QED) is 0.804. The van der Waals surface area contributed by atoms with E-state index in [1.165, 1.54) is 12.4 Å². The van der Waals surface area contributed by atoms with Crippen molar-refractivity contribution in [3.63, 3.8) is 0 Å². The number of hydrogen-bond acceptors (Lipinski definition) is 5. The van der Waals surface area contributed by atoms with Gasteiger partial charge in [-0.05, 0) is 12.1 Å². The van der Waals surface area contributed by atoms with E-state index in [0.29, 0.717) is 5.82 Å². The zero-order chi connectivity index (χ0) is 11.4. The second kappa shape index (κ2) is 4.35. The van der Waals surface area contributed by atoms with Crippen molar-refractivity contribution in [1.82, 2.24) is 15.0 Å². The Hall–Kier alpha value is -2.50. The van der Waals surface area contributed by atoms with E-state index in [-0.39, 0.29) is 5.69 Å². The molecule has 0 bridgehead atoms. The molecule has 0 fully saturated rings. The minimum Gasteiger partial charge on any atom is -0.477 e. The van der Waals surface area contributed by atoms with Crippen LogP contribution in [-0.4, -0.2) is 26.0 Å². The van der Waals surface area contributed by atoms with Gasteiger partial charge in [0.1, 0.15) is 12.1 Å². The molecule has 2 aromatic rings. The number of hydrogen-bond donors (Lipinski definition) is 2. The Morgan fingerprint density at radius 1 is 1.25 bits per heavy atom. The highest BCUT2D eigenvalue weighted by Gasteiger charge is 2.05. The van der Waals surface area contributed by atoms with Gasteiger partial charge in [0.15, 0.2) is 5.69 Å². The number of anilines is 2. The number of nitrogens with zero attached hydrogens (tertiary/aromatic N) is 3. The zero-order valence-electron chi connectivity index (χ0n) is 8.16. The molecule has 0 aliphatic rings. The van der Waals surface area contributed by atoms with Crippen LogP contribution in [0.5, 0.6) is 0 Å². The van der Waals surface area contributed by atoms with Crippen LogP contribution in [0, 0.1) is 0 Å². The number of carboxylic acids is 1. The fourth-order valence-corrected chi connectivity index (χ4v) is 1.13. The summed E-state index contributed by atoms with van der Waals surface area (Å²) in [4.78, 5) is 22.1. The van der Waals surface area contributed by atoms with Crippen LogP contribution in [0.25, 0.3) is 0 Å². The molecule has 0 aliphatic carbocycles. The summed E-state index contributed by atoms with van der Waals surface area (Å²) < 4.78 is 0. The van der Waals surface area contributed by atoms with Gasteiger partial charge in [-0.25, -0.2) is 14.8 Å². The largest absolute Gasteiger partial charge is 0.477 e. The molecule has 0 saturated heterocycles. The number of aromatic carboxylic acids is 1. The first-order chi connectivity index (χ1) is 7.75. The third-order valence-corrected chi connectivity index (χ3v) is 1.84. The fourth-order valence-electron chi connectivity index (χ4n) is 1.13. The highest BCUT2D eigenvalue weighted by molar-refractivity contribution is 5.86. The van der Waals surface area contributed by atoms with Crippen molar-refractivity contribution in [1.29, 1.82) is 0 Å². The molecule has 0 saturated carbocycles. The maximum atomic E-state index is 10.7. The van der Waals surface area contributed by atoms with Crippen LogP contribution in [0.1, 0.15) is 10.5 Å². The molecule has 0 unspecified atom stereocenters. The highest BCUT2D eigenvalue weighted by Crippen LogP contribution is 2.12. The van der Waals surface area contributed by atoms with Crippen molar-refractivity contribution in [2.45, 2.75) is 0 Å². The molecule has 0 aliphatic heterocycles. The fraction of sp³-hybridized carbons (Fsp3) is 0. The van der Waals surface area contributed by atoms with Gasteiger partial charge >= 0.3 is 5.97 Å². The first-order valence-corrected chi connectivity index (χ1v) is 4.48. The number of nitrogens with one attached hydrogen (secondary N) is 1. The average Bonchev–Trinajstić information content (AvgIpc) is 2.30. The molecule has 2 aromatic heterocycles. The monoisotopic (exact) mass is 216 g/mol. The maximum absolute atomic E-state index is 10.7. The molecule has 0 radical (unpaired) electrons. The van der Waals surface area contributed by atoms with Crippen LogP contribution < -0.4 is 5.32 Å². The number of aromatic nitrogens is 3. The van der Waals surface area contributed by atoms with Crippen LogP contribution in [0.4, 0.5) is 11.5 Å². The number of rotatable bonds is 3. The average molecular weight is 216 g/mol. The third kappa shape index (κ3) is 2.30. The molecular formula is C10H8N4O2. The predicted octanol–water partition coefficient (Wildman–Crippen LogP) is 1.31. The lowest BCUT2D eigenvalue weighted by Gasteiger charge is -2.04. The van der Waals surface area contributed by atoms with E-state index >= 15 is 0 Å². The summed E-state index contributed by atoms with van der Waals surface area (Å²) in [6.07, 6.45) is 4.45. The van der Waals surface area contributed by atoms with Crippen molar-refractivity contribution < 1.29 is 9.90 Å². The van der Waals surface area contributed by atoms with E-state index in [9.17, 15) is 4.79 Å². The van der Waals surface area contributed by atoms with E-state index in [2.05, 4.69) is 20.3 Å². The molecule has 2 rings (SSSR count). The molecule has 6 heteroatoms. The standard InChI is InChI=1S/C10H8N4O2/c15-10(16)8-5-9(13-6-12-8)14-7-1-3-11-4-2-7/h1-6H,(H,15,16)(H,11,12,13,14). The van der Waals surface area contributed by atoms with Crippen molar-refractivity contribution in [3.8, 4) is 0 Å². The Bertz CT molecular complexity index is 501. The Labute approximate surface area is 91.0 Å². The van der Waals surface area contributed by atoms with E-state index in [4.69, 9.17) is 5.11 Å². The first kappa shape index (κ1) is 10.0. The summed E-state index contributed by atoms with van der Waals surface area (Å²) in [5, 5.41) is 11.7. The SMILES string of the molecule is O=C(O)c1cc(Nc2ccncc2)ncn1. The Morgan fingerprint density at radius 2 is 2.00 bits per heavy atom. The van der Waals surface area contributed by atoms with Crippen molar-refractivity contribution >= 4 is 17.5 Å². The van der Waals surface area contributed by atoms with Gasteiger partial charge in [0, 0.05) is 24.1 Å². The van der Waals surface area contributed by atoms with Gasteiger partial charge in [-0.1, -0.05) is 0 Å². The zero-order valence-corrected chi connectivity index (χ0v) is 8.16. The molecule has 80 valence electrons. The van der Waals surface area contributed by atoms with Crippen molar-refractivity contribution in [3.05, 3.63) is 42.6 Å². The number of carbonyl (C=O) groups is 1. The lowest BCUT2D eigenvalue weighted by atomic mass is 10.3. The van der Waals surface area contributed by atoms with E-state index in [0.717, 1.165) is 5.69 Å². The van der Waals surface area contributed by atoms with Crippen LogP contribution in [0.3, 0.4) is 0 Å². The molecule has 0 aromatic carbocycles. The van der Waals surface area contributed by atoms with E-state index in [1.54, 1.807) is 24.5 Å². The molecule has 2 heterocycles. The molecule has 0 spiro atoms. The van der Waals surface area contributed by atoms with Crippen molar-refractivity contribution in [2.24, 2.45) is 0 Å². The Balaban J connectivity index is 2.22. The minimum atomic E-state index is -1.08. The third-order valence-electron chi connectivity index (χ3n) is 1.84. The molecule has 0 atom stereocenters. The summed E-state index contributed by atoms with van der Waals surface area (Å²) in [5.74, 6) is -0.654. The summed E-state index contributed by atoms with van der Waals surface area (Å²) in [7, 11) is 0. The Morgan fingerprint density at radius 3 is 2.69 bits per heavy atom. The maximum Gasteiger partial charge on any atom is 0.354 e. The van der Waals surface area contributed by atoms with Crippen LogP contribution in [0.15, 0.2) is 36.9 Å². The molecular weight excluding hydrogens is 208 g/mol. The van der Waals surface area contributed by atoms with Gasteiger partial charge in [-0.15, -0.1) is 0 Å². The van der Waals surface area contributed by atoms with Gasteiger partial charge in [-0.2, -0.15) is 0 Å². The smallest absolute Gasteiger partial charge is 0.354 e. The lowest BCUT2D eigenvalue weighted by Crippen LogP contribution is -2.02. The number of pyridine rings is 1. The summed E-state index contributed by atoms with van der Waals surface area (Å²) >= 11 is 0. The summed E-state index contributed by atoms with van der Waals surface area (Å²) in [6, 6.07) is 4.87. The van der Waals surface area contributed by atoms with Gasteiger partial charge in [0.25, 0.3) is 0 Å². The van der Waals surface area contributed by atoms with Gasteiger partial charge in [0.2, 0.25) is 0 Å². The van der Waals surface area contributed by atoms with Gasteiger partial charge in [-0.3, -0.25) is 4.98 Å². The minimum absolute atomic E-state index is 0.0495. The Kier molecular flexibility index (Phi) is 2.73. The molecule has 16 heavy (non-hydrogen) atoms. The number of carboxylic acid groups (broad SMARTS) is 1. The van der Waals surface area contributed by atoms with Crippen LogP contribution in [-0.2, 0) is 0 Å². The molecule has 6 nitrogen and oxygen atoms in total. The van der Waals surface area contributed by atoms with E-state index in [1.807, 2.05) is 0 Å². The summed E-state index contributed by atoms with van der Waals surface area (Å²) in [5.41, 5.74) is 0.733. The lowest BCUT2D eigenvalue weighted by molar-refractivity contribution is 0.0690. The highest BCUT2D eigenvalue weighted by atomic mass is 16.4. The molecule has 0 amide bonds. The predicted molar refractivity (Wildman–Crippen MR) is 56.5 cm³/mol. The van der Waals surface area contributed by atoms with Crippen LogP contribution >= 0.6 is 0 Å².